The third-order valence-electron chi connectivity index (χ3n) is 14.0. The van der Waals surface area contributed by atoms with Crippen molar-refractivity contribution in [1.29, 1.82) is 0 Å². The highest BCUT2D eigenvalue weighted by molar-refractivity contribution is 7.92. The molecule has 0 aliphatic carbocycles. The first kappa shape index (κ1) is 56.4. The molecule has 0 unspecified atom stereocenters. The Hall–Kier alpha value is -4.87. The van der Waals surface area contributed by atoms with Crippen LogP contribution in [-0.2, 0) is 40.4 Å². The number of aliphatic hydroxyl groups excluding tert-OH is 1. The SMILES string of the molecule is Cc1ncsc1-c1ccc(CNC(=O)[C@@H]2C[C@@H](O)CN2C(=O)[C@@H](NC(=O)CCCNC(=O)C[C@@]2(C)C[C@H](c3cccc(Cl)c3)[C@@H](c3ccc(Cl)cc3)N([C@H](CS(=O)(=O)C(C)C)C(C)C)C2=O)C(C)(C)C)cc1. The largest absolute Gasteiger partial charge is 0.391 e. The highest BCUT2D eigenvalue weighted by Crippen LogP contribution is 2.53. The van der Waals surface area contributed by atoms with E-state index in [9.17, 15) is 32.7 Å². The van der Waals surface area contributed by atoms with Crippen molar-refractivity contribution in [2.75, 3.05) is 18.8 Å². The van der Waals surface area contributed by atoms with Gasteiger partial charge in [-0.3, -0.25) is 24.0 Å². The van der Waals surface area contributed by atoms with Crippen molar-refractivity contribution >= 4 is 73.9 Å². The van der Waals surface area contributed by atoms with Crippen LogP contribution >= 0.6 is 34.5 Å². The molecule has 5 amide bonds. The minimum Gasteiger partial charge on any atom is -0.391 e. The second-order valence-electron chi connectivity index (χ2n) is 21.4. The highest BCUT2D eigenvalue weighted by atomic mass is 35.5. The molecular weight excluding hydrogens is 996 g/mol. The molecule has 2 aliphatic rings. The van der Waals surface area contributed by atoms with Crippen LogP contribution in [0.3, 0.4) is 0 Å². The number of aryl methyl sites for hydroxylation is 1. The van der Waals surface area contributed by atoms with Gasteiger partial charge < -0.3 is 30.9 Å². The maximum atomic E-state index is 15.2. The van der Waals surface area contributed by atoms with Crippen LogP contribution in [0.25, 0.3) is 10.4 Å². The molecule has 14 nitrogen and oxygen atoms in total. The number of hydrogen-bond donors (Lipinski definition) is 4. The normalized spacial score (nSPS) is 21.4. The Labute approximate surface area is 438 Å². The van der Waals surface area contributed by atoms with E-state index in [0.29, 0.717) is 10.0 Å². The van der Waals surface area contributed by atoms with E-state index in [1.807, 2.05) is 96.1 Å². The molecule has 6 rings (SSSR count). The Balaban J connectivity index is 1.11. The Morgan fingerprint density at radius 2 is 1.61 bits per heavy atom. The van der Waals surface area contributed by atoms with Crippen LogP contribution in [0, 0.1) is 23.7 Å². The van der Waals surface area contributed by atoms with Gasteiger partial charge in [0.25, 0.3) is 0 Å². The Morgan fingerprint density at radius 1 is 0.931 bits per heavy atom. The average Bonchev–Trinajstić information content (AvgIpc) is 3.93. The van der Waals surface area contributed by atoms with Crippen molar-refractivity contribution in [3.63, 3.8) is 0 Å². The number of carbonyl (C=O) groups is 5. The van der Waals surface area contributed by atoms with Crippen LogP contribution in [-0.4, -0.2) is 106 Å². The van der Waals surface area contributed by atoms with Gasteiger partial charge in [0.15, 0.2) is 9.84 Å². The highest BCUT2D eigenvalue weighted by Gasteiger charge is 2.53. The van der Waals surface area contributed by atoms with E-state index in [1.165, 1.54) is 4.90 Å². The first-order valence-corrected chi connectivity index (χ1v) is 28.0. The first-order chi connectivity index (χ1) is 33.8. The van der Waals surface area contributed by atoms with Crippen molar-refractivity contribution in [1.82, 2.24) is 30.7 Å². The number of piperidine rings is 1. The number of likely N-dealkylation sites (tertiary alicyclic amines) is 2. The summed E-state index contributed by atoms with van der Waals surface area (Å²) in [6, 6.07) is 19.0. The molecule has 0 bridgehead atoms. The molecular formula is C54H70Cl2N6O8S2. The van der Waals surface area contributed by atoms with Crippen LogP contribution in [0.4, 0.5) is 0 Å². The van der Waals surface area contributed by atoms with Gasteiger partial charge in [-0.1, -0.05) is 113 Å². The van der Waals surface area contributed by atoms with Gasteiger partial charge in [0.1, 0.15) is 12.1 Å². The molecule has 0 radical (unpaired) electrons. The smallest absolute Gasteiger partial charge is 0.246 e. The average molecular weight is 1070 g/mol. The summed E-state index contributed by atoms with van der Waals surface area (Å²) in [5.41, 5.74) is 4.18. The number of sulfone groups is 1. The number of amides is 5. The standard InChI is InChI=1S/C54H70Cl2N6O8S2/c1-32(2)44(30-72(69,70)33(3)4)62-47(36-19-21-39(55)22-20-36)42(38-12-10-13-40(56)24-38)26-54(9,52(62)68)27-46(65)57-23-11-14-45(64)60-49(53(6,7)8)51(67)61-29-41(63)25-43(61)50(66)58-28-35-15-17-37(18-16-35)48-34(5)59-31-71-48/h10,12-13,15-22,24,31-33,41-44,47,49,63H,11,14,23,25-30H2,1-9H3,(H,57,65)(H,58,66)(H,60,64)/t41-,42-,43+,44-,47-,49-,54-/m1/s1. The molecule has 7 atom stereocenters. The second kappa shape index (κ2) is 23.6. The number of thiazole rings is 1. The van der Waals surface area contributed by atoms with Crippen molar-refractivity contribution in [3.8, 4) is 10.4 Å². The lowest BCUT2D eigenvalue weighted by molar-refractivity contribution is -0.158. The van der Waals surface area contributed by atoms with Gasteiger partial charge in [0.2, 0.25) is 29.5 Å². The lowest BCUT2D eigenvalue weighted by atomic mass is 9.66. The molecule has 0 saturated carbocycles. The first-order valence-electron chi connectivity index (χ1n) is 24.7. The van der Waals surface area contributed by atoms with Gasteiger partial charge in [-0.2, -0.15) is 0 Å². The van der Waals surface area contributed by atoms with Crippen molar-refractivity contribution < 1.29 is 37.5 Å². The summed E-state index contributed by atoms with van der Waals surface area (Å²) in [6.07, 6.45) is -0.670. The molecule has 18 heteroatoms. The topological polar surface area (TPSA) is 195 Å². The number of carbonyl (C=O) groups excluding carboxylic acids is 5. The molecule has 4 N–H and O–H groups in total. The molecule has 2 saturated heterocycles. The summed E-state index contributed by atoms with van der Waals surface area (Å²) in [5, 5.41) is 19.7. The van der Waals surface area contributed by atoms with Crippen LogP contribution in [0.5, 0.6) is 0 Å². The van der Waals surface area contributed by atoms with Gasteiger partial charge in [0, 0.05) is 60.9 Å². The summed E-state index contributed by atoms with van der Waals surface area (Å²) in [4.78, 5) is 79.0. The number of nitrogens with zero attached hydrogens (tertiary/aromatic N) is 3. The zero-order chi connectivity index (χ0) is 52.9. The molecule has 3 heterocycles. The van der Waals surface area contributed by atoms with E-state index in [2.05, 4.69) is 20.9 Å². The van der Waals surface area contributed by atoms with Crippen molar-refractivity contribution in [3.05, 3.63) is 111 Å². The Bertz CT molecular complexity index is 2690. The number of β-amino-alcohol motifs (C(OH)–C–C–N with tert-alkyl or cyclic N) is 1. The van der Waals surface area contributed by atoms with Gasteiger partial charge in [-0.15, -0.1) is 11.3 Å². The summed E-state index contributed by atoms with van der Waals surface area (Å²) in [7, 11) is -3.65. The van der Waals surface area contributed by atoms with Crippen LogP contribution < -0.4 is 16.0 Å². The number of halogens is 2. The maximum Gasteiger partial charge on any atom is 0.246 e. The van der Waals surface area contributed by atoms with Gasteiger partial charge in [0.05, 0.1) is 44.6 Å². The van der Waals surface area contributed by atoms with Crippen molar-refractivity contribution in [2.45, 2.75) is 142 Å². The van der Waals surface area contributed by atoms with E-state index in [-0.39, 0.29) is 69.3 Å². The molecule has 72 heavy (non-hydrogen) atoms. The minimum absolute atomic E-state index is 0.0436. The fraction of sp³-hybridized carbons (Fsp3) is 0.519. The number of hydrogen-bond acceptors (Lipinski definition) is 10. The number of rotatable bonds is 19. The summed E-state index contributed by atoms with van der Waals surface area (Å²) in [6.45, 7) is 16.4. The number of benzene rings is 3. The van der Waals surface area contributed by atoms with Crippen LogP contribution in [0.15, 0.2) is 78.3 Å². The van der Waals surface area contributed by atoms with E-state index >= 15 is 4.79 Å². The zero-order valence-electron chi connectivity index (χ0n) is 42.7. The minimum atomic E-state index is -3.65. The van der Waals surface area contributed by atoms with Crippen LogP contribution in [0.1, 0.15) is 122 Å². The maximum absolute atomic E-state index is 15.2. The third kappa shape index (κ3) is 13.6. The van der Waals surface area contributed by atoms with E-state index < -0.39 is 85.7 Å². The third-order valence-corrected chi connectivity index (χ3v) is 17.7. The molecule has 4 aromatic rings. The molecule has 390 valence electrons. The van der Waals surface area contributed by atoms with Crippen molar-refractivity contribution in [2.24, 2.45) is 16.7 Å². The van der Waals surface area contributed by atoms with E-state index in [0.717, 1.165) is 32.8 Å². The predicted molar refractivity (Wildman–Crippen MR) is 284 cm³/mol. The summed E-state index contributed by atoms with van der Waals surface area (Å²) in [5.74, 6) is -3.05. The predicted octanol–water partition coefficient (Wildman–Crippen LogP) is 8.43. The lowest BCUT2D eigenvalue weighted by Gasteiger charge is -2.53. The van der Waals surface area contributed by atoms with Gasteiger partial charge in [-0.25, -0.2) is 13.4 Å². The summed E-state index contributed by atoms with van der Waals surface area (Å²) >= 11 is 14.5. The Kier molecular flexibility index (Phi) is 18.5. The molecule has 3 aromatic carbocycles. The second-order valence-corrected chi connectivity index (χ2v) is 25.7. The van der Waals surface area contributed by atoms with Gasteiger partial charge in [-0.05, 0) is 91.5 Å². The number of aliphatic hydroxyl groups is 1. The fourth-order valence-corrected chi connectivity index (χ4v) is 12.4. The Morgan fingerprint density at radius 3 is 2.21 bits per heavy atom. The lowest BCUT2D eigenvalue weighted by Crippen LogP contribution is -2.59. The molecule has 0 spiro atoms. The molecule has 1 aromatic heterocycles. The monoisotopic (exact) mass is 1060 g/mol. The number of aromatic nitrogens is 1. The number of nitrogens with one attached hydrogen (secondary N) is 3. The molecule has 2 fully saturated rings. The van der Waals surface area contributed by atoms with Crippen LogP contribution in [0.2, 0.25) is 10.0 Å². The van der Waals surface area contributed by atoms with Gasteiger partial charge >= 0.3 is 0 Å². The molecule has 2 aliphatic heterocycles. The zero-order valence-corrected chi connectivity index (χ0v) is 45.9. The van der Waals surface area contributed by atoms with E-state index in [4.69, 9.17) is 23.2 Å². The summed E-state index contributed by atoms with van der Waals surface area (Å²) < 4.78 is 27.3. The van der Waals surface area contributed by atoms with E-state index in [1.54, 1.807) is 60.7 Å². The quantitative estimate of drug-likeness (QED) is 0.0667. The fourth-order valence-electron chi connectivity index (χ4n) is 9.84.